The van der Waals surface area contributed by atoms with E-state index in [0.29, 0.717) is 11.4 Å². The van der Waals surface area contributed by atoms with Crippen molar-refractivity contribution in [2.24, 2.45) is 0 Å². The smallest absolute Gasteiger partial charge is 0.207 e. The Hall–Kier alpha value is -0.520. The average molecular weight is 285 g/mol. The van der Waals surface area contributed by atoms with E-state index >= 15 is 0 Å². The quantitative estimate of drug-likeness (QED) is 0.838. The summed E-state index contributed by atoms with van der Waals surface area (Å²) >= 11 is 1.69. The molecule has 1 aromatic carbocycles. The van der Waals surface area contributed by atoms with Crippen molar-refractivity contribution in [3.63, 3.8) is 0 Å². The molecule has 0 spiro atoms. The molecular formula is C13H19NO2S2. The zero-order valence-corrected chi connectivity index (χ0v) is 12.9. The highest BCUT2D eigenvalue weighted by atomic mass is 32.2. The van der Waals surface area contributed by atoms with Gasteiger partial charge in [0, 0.05) is 12.3 Å². The topological polar surface area (TPSA) is 37.4 Å². The van der Waals surface area contributed by atoms with Crippen LogP contribution in [-0.4, -0.2) is 30.4 Å². The molecule has 0 bridgehead atoms. The van der Waals surface area contributed by atoms with E-state index in [4.69, 9.17) is 0 Å². The van der Waals surface area contributed by atoms with Crippen molar-refractivity contribution in [1.29, 1.82) is 0 Å². The molecule has 5 heteroatoms. The summed E-state index contributed by atoms with van der Waals surface area (Å²) in [5.41, 5.74) is 2.79. The van der Waals surface area contributed by atoms with Crippen LogP contribution in [0.5, 0.6) is 0 Å². The molecule has 2 rings (SSSR count). The van der Waals surface area contributed by atoms with E-state index in [9.17, 15) is 8.42 Å². The fraction of sp³-hybridized carbons (Fsp3) is 0.538. The van der Waals surface area contributed by atoms with Crippen LogP contribution in [0.3, 0.4) is 0 Å². The molecule has 1 aliphatic rings. The van der Waals surface area contributed by atoms with Gasteiger partial charge in [-0.25, -0.2) is 8.42 Å². The molecule has 18 heavy (non-hydrogen) atoms. The van der Waals surface area contributed by atoms with E-state index in [1.165, 1.54) is 0 Å². The molecule has 100 valence electrons. The molecule has 0 saturated carbocycles. The van der Waals surface area contributed by atoms with Crippen molar-refractivity contribution in [3.8, 4) is 0 Å². The maximum atomic E-state index is 12.7. The maximum absolute atomic E-state index is 12.7. The van der Waals surface area contributed by atoms with Gasteiger partial charge in [-0.05, 0) is 38.8 Å². The fourth-order valence-electron chi connectivity index (χ4n) is 2.58. The summed E-state index contributed by atoms with van der Waals surface area (Å²) in [6.45, 7) is 8.31. The van der Waals surface area contributed by atoms with Gasteiger partial charge in [-0.2, -0.15) is 4.31 Å². The Bertz CT molecular complexity index is 543. The van der Waals surface area contributed by atoms with Crippen LogP contribution in [0.2, 0.25) is 0 Å². The van der Waals surface area contributed by atoms with Gasteiger partial charge in [0.25, 0.3) is 0 Å². The minimum Gasteiger partial charge on any atom is -0.207 e. The highest BCUT2D eigenvalue weighted by Crippen LogP contribution is 2.32. The van der Waals surface area contributed by atoms with Crippen molar-refractivity contribution < 1.29 is 8.42 Å². The number of aryl methyl sites for hydroxylation is 3. The van der Waals surface area contributed by atoms with Crippen LogP contribution in [0.4, 0.5) is 0 Å². The molecule has 1 aliphatic heterocycles. The lowest BCUT2D eigenvalue weighted by Crippen LogP contribution is -2.34. The van der Waals surface area contributed by atoms with Crippen LogP contribution < -0.4 is 0 Å². The third-order valence-electron chi connectivity index (χ3n) is 3.25. The van der Waals surface area contributed by atoms with Gasteiger partial charge in [0.1, 0.15) is 0 Å². The lowest BCUT2D eigenvalue weighted by atomic mass is 10.1. The predicted molar refractivity (Wildman–Crippen MR) is 76.5 cm³/mol. The molecule has 1 heterocycles. The second kappa shape index (κ2) is 4.87. The molecule has 1 fully saturated rings. The van der Waals surface area contributed by atoms with Gasteiger partial charge < -0.3 is 0 Å². The molecule has 0 aromatic heterocycles. The van der Waals surface area contributed by atoms with E-state index in [0.717, 1.165) is 22.4 Å². The summed E-state index contributed by atoms with van der Waals surface area (Å²) in [5, 5.41) is 0.0371. The average Bonchev–Trinajstić information content (AvgIpc) is 2.62. The number of hydrogen-bond donors (Lipinski definition) is 0. The van der Waals surface area contributed by atoms with Crippen LogP contribution in [0, 0.1) is 20.8 Å². The van der Waals surface area contributed by atoms with Crippen molar-refractivity contribution in [3.05, 3.63) is 28.8 Å². The van der Waals surface area contributed by atoms with Crippen LogP contribution in [0.25, 0.3) is 0 Å². The Kier molecular flexibility index (Phi) is 3.76. The Morgan fingerprint density at radius 2 is 1.78 bits per heavy atom. The molecule has 0 unspecified atom stereocenters. The van der Waals surface area contributed by atoms with Crippen molar-refractivity contribution in [2.45, 2.75) is 38.0 Å². The molecule has 0 radical (unpaired) electrons. The predicted octanol–water partition coefficient (Wildman–Crippen LogP) is 2.70. The molecule has 0 aliphatic carbocycles. The minimum absolute atomic E-state index is 0.0371. The third-order valence-corrected chi connectivity index (χ3v) is 6.81. The number of rotatable bonds is 2. The second-order valence-corrected chi connectivity index (χ2v) is 8.06. The molecule has 0 amide bonds. The molecule has 3 nitrogen and oxygen atoms in total. The molecule has 1 atom stereocenters. The zero-order valence-electron chi connectivity index (χ0n) is 11.2. The molecular weight excluding hydrogens is 266 g/mol. The maximum Gasteiger partial charge on any atom is 0.244 e. The summed E-state index contributed by atoms with van der Waals surface area (Å²) in [7, 11) is -3.35. The van der Waals surface area contributed by atoms with Gasteiger partial charge in [0.15, 0.2) is 0 Å². The molecule has 0 N–H and O–H groups in total. The first-order valence-electron chi connectivity index (χ1n) is 6.05. The minimum atomic E-state index is -3.35. The van der Waals surface area contributed by atoms with E-state index in [2.05, 4.69) is 0 Å². The molecule has 1 aromatic rings. The van der Waals surface area contributed by atoms with Crippen molar-refractivity contribution >= 4 is 21.8 Å². The van der Waals surface area contributed by atoms with Gasteiger partial charge in [-0.3, -0.25) is 0 Å². The summed E-state index contributed by atoms with van der Waals surface area (Å²) in [6.07, 6.45) is 0. The van der Waals surface area contributed by atoms with E-state index in [-0.39, 0.29) is 5.37 Å². The first kappa shape index (κ1) is 13.9. The lowest BCUT2D eigenvalue weighted by Gasteiger charge is -2.22. The fourth-order valence-corrected chi connectivity index (χ4v) is 6.03. The first-order chi connectivity index (χ1) is 8.34. The van der Waals surface area contributed by atoms with Crippen molar-refractivity contribution in [2.75, 3.05) is 12.3 Å². The van der Waals surface area contributed by atoms with Crippen molar-refractivity contribution in [1.82, 2.24) is 4.31 Å². The Labute approximate surface area is 114 Å². The molecule has 1 saturated heterocycles. The Morgan fingerprint density at radius 1 is 1.22 bits per heavy atom. The third kappa shape index (κ3) is 2.31. The summed E-state index contributed by atoms with van der Waals surface area (Å²) < 4.78 is 27.0. The van der Waals surface area contributed by atoms with Gasteiger partial charge in [0.05, 0.1) is 10.3 Å². The van der Waals surface area contributed by atoms with Gasteiger partial charge in [0.2, 0.25) is 10.0 Å². The second-order valence-electron chi connectivity index (χ2n) is 4.81. The summed E-state index contributed by atoms with van der Waals surface area (Å²) in [6, 6.07) is 3.88. The highest BCUT2D eigenvalue weighted by molar-refractivity contribution is 8.01. The van der Waals surface area contributed by atoms with Crippen LogP contribution >= 0.6 is 11.8 Å². The number of nitrogens with zero attached hydrogens (tertiary/aromatic N) is 1. The van der Waals surface area contributed by atoms with Gasteiger partial charge in [-0.15, -0.1) is 11.8 Å². The van der Waals surface area contributed by atoms with E-state index < -0.39 is 10.0 Å². The van der Waals surface area contributed by atoms with E-state index in [1.807, 2.05) is 39.8 Å². The highest BCUT2D eigenvalue weighted by Gasteiger charge is 2.34. The summed E-state index contributed by atoms with van der Waals surface area (Å²) in [5.74, 6) is 0.879. The van der Waals surface area contributed by atoms with E-state index in [1.54, 1.807) is 16.1 Å². The Morgan fingerprint density at radius 3 is 2.22 bits per heavy atom. The summed E-state index contributed by atoms with van der Waals surface area (Å²) in [4.78, 5) is 0.488. The van der Waals surface area contributed by atoms with Gasteiger partial charge in [-0.1, -0.05) is 17.7 Å². The van der Waals surface area contributed by atoms with Gasteiger partial charge >= 0.3 is 0 Å². The zero-order chi connectivity index (χ0) is 13.5. The SMILES string of the molecule is Cc1cc(C)c(S(=O)(=O)N2CCS[C@@H]2C)c(C)c1. The normalized spacial score (nSPS) is 21.4. The van der Waals surface area contributed by atoms with Crippen LogP contribution in [0.15, 0.2) is 17.0 Å². The first-order valence-corrected chi connectivity index (χ1v) is 8.54. The largest absolute Gasteiger partial charge is 0.244 e. The number of hydrogen-bond acceptors (Lipinski definition) is 3. The number of thioether (sulfide) groups is 1. The van der Waals surface area contributed by atoms with Crippen LogP contribution in [-0.2, 0) is 10.0 Å². The standard InChI is InChI=1S/C13H19NO2S2/c1-9-7-10(2)13(11(3)8-9)18(15,16)14-5-6-17-12(14)4/h7-8,12H,5-6H2,1-4H3/t12-/m1/s1. The monoisotopic (exact) mass is 285 g/mol. The van der Waals surface area contributed by atoms with Crippen LogP contribution in [0.1, 0.15) is 23.6 Å². The Balaban J connectivity index is 2.54. The number of benzene rings is 1. The number of sulfonamides is 1. The lowest BCUT2D eigenvalue weighted by molar-refractivity contribution is 0.441.